The minimum atomic E-state index is -0.469. The van der Waals surface area contributed by atoms with E-state index in [4.69, 9.17) is 5.73 Å². The van der Waals surface area contributed by atoms with Crippen LogP contribution in [0.5, 0.6) is 0 Å². The molecule has 1 aliphatic rings. The van der Waals surface area contributed by atoms with E-state index in [1.54, 1.807) is 4.90 Å². The molecule has 2 N–H and O–H groups in total. The van der Waals surface area contributed by atoms with Crippen LogP contribution in [0.25, 0.3) is 0 Å². The number of amides is 2. The zero-order chi connectivity index (χ0) is 12.6. The number of aryl methyl sites for hydroxylation is 2. The van der Waals surface area contributed by atoms with Crippen LogP contribution in [-0.4, -0.2) is 34.3 Å². The molecular weight excluding hydrogens is 238 g/mol. The van der Waals surface area contributed by atoms with Crippen LogP contribution in [0.1, 0.15) is 33.2 Å². The standard InChI is InChI=1S/C11H15N3O2S/c1-6-9(13-7(2)17-6)11(16)14-5-3-4-8(14)10(12)15/h8H,3-5H2,1-2H3,(H2,12,15). The molecule has 1 fully saturated rings. The summed E-state index contributed by atoms with van der Waals surface area (Å²) in [5.41, 5.74) is 5.76. The molecule has 0 radical (unpaired) electrons. The van der Waals surface area contributed by atoms with Crippen molar-refractivity contribution >= 4 is 23.2 Å². The van der Waals surface area contributed by atoms with Crippen molar-refractivity contribution in [2.45, 2.75) is 32.7 Å². The normalized spacial score (nSPS) is 19.6. The summed E-state index contributed by atoms with van der Waals surface area (Å²) >= 11 is 1.49. The molecule has 0 aromatic carbocycles. The van der Waals surface area contributed by atoms with Crippen LogP contribution in [0.15, 0.2) is 0 Å². The van der Waals surface area contributed by atoms with Gasteiger partial charge in [0.2, 0.25) is 5.91 Å². The van der Waals surface area contributed by atoms with Crippen LogP contribution in [0.2, 0.25) is 0 Å². The largest absolute Gasteiger partial charge is 0.368 e. The van der Waals surface area contributed by atoms with E-state index in [1.165, 1.54) is 11.3 Å². The summed E-state index contributed by atoms with van der Waals surface area (Å²) in [6.45, 7) is 4.32. The highest BCUT2D eigenvalue weighted by Gasteiger charge is 2.34. The monoisotopic (exact) mass is 253 g/mol. The number of nitrogens with zero attached hydrogens (tertiary/aromatic N) is 2. The molecule has 1 atom stereocenters. The quantitative estimate of drug-likeness (QED) is 0.849. The Morgan fingerprint density at radius 2 is 2.18 bits per heavy atom. The predicted molar refractivity (Wildman–Crippen MR) is 64.8 cm³/mol. The van der Waals surface area contributed by atoms with Crippen molar-refractivity contribution in [3.05, 3.63) is 15.6 Å². The maximum absolute atomic E-state index is 12.3. The van der Waals surface area contributed by atoms with E-state index >= 15 is 0 Å². The van der Waals surface area contributed by atoms with E-state index in [-0.39, 0.29) is 5.91 Å². The molecule has 1 aliphatic heterocycles. The molecule has 1 aromatic rings. The summed E-state index contributed by atoms with van der Waals surface area (Å²) in [6, 6.07) is -0.469. The predicted octanol–water partition coefficient (Wildman–Crippen LogP) is 0.850. The first-order valence-electron chi connectivity index (χ1n) is 5.55. The SMILES string of the molecule is Cc1nc(C(=O)N2CCCC2C(N)=O)c(C)s1. The molecular formula is C11H15N3O2S. The van der Waals surface area contributed by atoms with Gasteiger partial charge >= 0.3 is 0 Å². The molecule has 17 heavy (non-hydrogen) atoms. The average molecular weight is 253 g/mol. The van der Waals surface area contributed by atoms with Gasteiger partial charge < -0.3 is 10.6 Å². The fourth-order valence-electron chi connectivity index (χ4n) is 2.17. The lowest BCUT2D eigenvalue weighted by Crippen LogP contribution is -2.44. The second kappa shape index (κ2) is 4.44. The summed E-state index contributed by atoms with van der Waals surface area (Å²) in [4.78, 5) is 30.2. The smallest absolute Gasteiger partial charge is 0.274 e. The lowest BCUT2D eigenvalue weighted by Gasteiger charge is -2.21. The summed E-state index contributed by atoms with van der Waals surface area (Å²) in [5, 5.41) is 0.862. The number of likely N-dealkylation sites (tertiary alicyclic amines) is 1. The van der Waals surface area contributed by atoms with Gasteiger partial charge in [0.25, 0.3) is 5.91 Å². The first kappa shape index (κ1) is 12.0. The fraction of sp³-hybridized carbons (Fsp3) is 0.545. The van der Waals surface area contributed by atoms with E-state index < -0.39 is 11.9 Å². The summed E-state index contributed by atoms with van der Waals surface area (Å²) < 4.78 is 0. The summed E-state index contributed by atoms with van der Waals surface area (Å²) in [5.74, 6) is -0.603. The molecule has 0 aliphatic carbocycles. The summed E-state index contributed by atoms with van der Waals surface area (Å²) in [7, 11) is 0. The van der Waals surface area contributed by atoms with Gasteiger partial charge in [-0.1, -0.05) is 0 Å². The maximum atomic E-state index is 12.3. The second-order valence-corrected chi connectivity index (χ2v) is 5.60. The third kappa shape index (κ3) is 2.17. The Bertz CT molecular complexity index is 469. The number of thiazole rings is 1. The third-order valence-corrected chi connectivity index (χ3v) is 3.83. The third-order valence-electron chi connectivity index (χ3n) is 2.95. The van der Waals surface area contributed by atoms with Crippen LogP contribution in [-0.2, 0) is 4.79 Å². The van der Waals surface area contributed by atoms with Gasteiger partial charge in [0.15, 0.2) is 0 Å². The molecule has 6 heteroatoms. The Hall–Kier alpha value is -1.43. The van der Waals surface area contributed by atoms with Gasteiger partial charge in [-0.15, -0.1) is 11.3 Å². The van der Waals surface area contributed by atoms with Gasteiger partial charge in [-0.05, 0) is 26.7 Å². The molecule has 2 amide bonds. The number of hydrogen-bond acceptors (Lipinski definition) is 4. The highest BCUT2D eigenvalue weighted by molar-refractivity contribution is 7.11. The van der Waals surface area contributed by atoms with Crippen molar-refractivity contribution < 1.29 is 9.59 Å². The van der Waals surface area contributed by atoms with E-state index in [1.807, 2.05) is 13.8 Å². The highest BCUT2D eigenvalue weighted by Crippen LogP contribution is 2.23. The Morgan fingerprint density at radius 3 is 2.71 bits per heavy atom. The number of carbonyl (C=O) groups excluding carboxylic acids is 2. The van der Waals surface area contributed by atoms with Crippen LogP contribution in [0.3, 0.4) is 0 Å². The van der Waals surface area contributed by atoms with E-state index in [2.05, 4.69) is 4.98 Å². The molecule has 1 unspecified atom stereocenters. The fourth-order valence-corrected chi connectivity index (χ4v) is 2.98. The number of rotatable bonds is 2. The lowest BCUT2D eigenvalue weighted by atomic mass is 10.2. The van der Waals surface area contributed by atoms with Crippen molar-refractivity contribution in [3.8, 4) is 0 Å². The molecule has 5 nitrogen and oxygen atoms in total. The molecule has 1 saturated heterocycles. The lowest BCUT2D eigenvalue weighted by molar-refractivity contribution is -0.121. The van der Waals surface area contributed by atoms with Gasteiger partial charge in [-0.25, -0.2) is 4.98 Å². The maximum Gasteiger partial charge on any atom is 0.274 e. The van der Waals surface area contributed by atoms with Crippen LogP contribution >= 0.6 is 11.3 Å². The number of nitrogens with two attached hydrogens (primary N) is 1. The molecule has 0 bridgehead atoms. The average Bonchev–Trinajstić information content (AvgIpc) is 2.83. The Labute approximate surface area is 104 Å². The van der Waals surface area contributed by atoms with Crippen molar-refractivity contribution in [2.75, 3.05) is 6.54 Å². The summed E-state index contributed by atoms with van der Waals surface area (Å²) in [6.07, 6.45) is 1.48. The molecule has 0 spiro atoms. The molecule has 0 saturated carbocycles. The number of aromatic nitrogens is 1. The number of primary amides is 1. The zero-order valence-electron chi connectivity index (χ0n) is 9.90. The minimum absolute atomic E-state index is 0.173. The topological polar surface area (TPSA) is 76.3 Å². The van der Waals surface area contributed by atoms with Gasteiger partial charge in [0.05, 0.1) is 5.01 Å². The van der Waals surface area contributed by atoms with Crippen LogP contribution in [0.4, 0.5) is 0 Å². The minimum Gasteiger partial charge on any atom is -0.368 e. The van der Waals surface area contributed by atoms with Crippen LogP contribution in [0, 0.1) is 13.8 Å². The molecule has 1 aromatic heterocycles. The van der Waals surface area contributed by atoms with Gasteiger partial charge in [-0.2, -0.15) is 0 Å². The Morgan fingerprint density at radius 1 is 1.47 bits per heavy atom. The van der Waals surface area contributed by atoms with Crippen LogP contribution < -0.4 is 5.73 Å². The van der Waals surface area contributed by atoms with E-state index in [9.17, 15) is 9.59 Å². The molecule has 92 valence electrons. The van der Waals surface area contributed by atoms with Crippen molar-refractivity contribution in [1.82, 2.24) is 9.88 Å². The molecule has 2 heterocycles. The Balaban J connectivity index is 2.25. The van der Waals surface area contributed by atoms with E-state index in [0.29, 0.717) is 18.7 Å². The van der Waals surface area contributed by atoms with Crippen molar-refractivity contribution in [2.24, 2.45) is 5.73 Å². The first-order valence-corrected chi connectivity index (χ1v) is 6.36. The van der Waals surface area contributed by atoms with Gasteiger partial charge in [0.1, 0.15) is 11.7 Å². The molecule has 2 rings (SSSR count). The van der Waals surface area contributed by atoms with Gasteiger partial charge in [-0.3, -0.25) is 9.59 Å². The zero-order valence-corrected chi connectivity index (χ0v) is 10.7. The number of hydrogen-bond donors (Lipinski definition) is 1. The van der Waals surface area contributed by atoms with Gasteiger partial charge in [0, 0.05) is 11.4 Å². The first-order chi connectivity index (χ1) is 8.00. The Kier molecular flexibility index (Phi) is 3.15. The number of carbonyl (C=O) groups is 2. The second-order valence-electron chi connectivity index (χ2n) is 4.20. The van der Waals surface area contributed by atoms with Crippen molar-refractivity contribution in [1.29, 1.82) is 0 Å². The van der Waals surface area contributed by atoms with E-state index in [0.717, 1.165) is 16.3 Å². The van der Waals surface area contributed by atoms with Crippen molar-refractivity contribution in [3.63, 3.8) is 0 Å². The highest BCUT2D eigenvalue weighted by atomic mass is 32.1.